The Morgan fingerprint density at radius 1 is 1.10 bits per heavy atom. The van der Waals surface area contributed by atoms with Crippen LogP contribution in [0.15, 0.2) is 0 Å². The molecule has 1 heterocycles. The van der Waals surface area contributed by atoms with E-state index in [2.05, 4.69) is 17.6 Å². The summed E-state index contributed by atoms with van der Waals surface area (Å²) in [6, 6.07) is 0.330. The molecule has 0 radical (unpaired) electrons. The molecule has 5 heteroatoms. The van der Waals surface area contributed by atoms with Gasteiger partial charge in [0.2, 0.25) is 5.91 Å². The second kappa shape index (κ2) is 8.25. The van der Waals surface area contributed by atoms with Crippen LogP contribution in [-0.4, -0.2) is 42.5 Å². The van der Waals surface area contributed by atoms with E-state index >= 15 is 0 Å². The summed E-state index contributed by atoms with van der Waals surface area (Å²) in [7, 11) is 0. The van der Waals surface area contributed by atoms with E-state index in [1.807, 2.05) is 4.90 Å². The molecule has 120 valence electrons. The van der Waals surface area contributed by atoms with Crippen molar-refractivity contribution in [2.45, 2.75) is 64.3 Å². The van der Waals surface area contributed by atoms with Crippen molar-refractivity contribution < 1.29 is 9.59 Å². The Kier molecular flexibility index (Phi) is 6.33. The van der Waals surface area contributed by atoms with E-state index < -0.39 is 0 Å². The number of rotatable bonds is 4. The normalized spacial score (nSPS) is 23.7. The number of urea groups is 1. The van der Waals surface area contributed by atoms with Gasteiger partial charge in [0.1, 0.15) is 0 Å². The summed E-state index contributed by atoms with van der Waals surface area (Å²) in [5.41, 5.74) is 0. The van der Waals surface area contributed by atoms with Gasteiger partial charge in [-0.05, 0) is 31.6 Å². The van der Waals surface area contributed by atoms with E-state index in [1.54, 1.807) is 0 Å². The zero-order chi connectivity index (χ0) is 15.1. The Bertz CT molecular complexity index is 353. The molecule has 0 bridgehead atoms. The van der Waals surface area contributed by atoms with E-state index in [0.717, 1.165) is 32.4 Å². The molecule has 2 rings (SSSR count). The standard InChI is InChI=1S/C16H29N3O2/c1-13-6-5-11-19(12-13)16(21)17-10-9-15(20)18-14-7-3-2-4-8-14/h13-14H,2-12H2,1H3,(H,17,21)(H,18,20). The first-order valence-electron chi connectivity index (χ1n) is 8.47. The molecule has 1 unspecified atom stereocenters. The minimum absolute atomic E-state index is 0.0213. The summed E-state index contributed by atoms with van der Waals surface area (Å²) in [5, 5.41) is 5.94. The van der Waals surface area contributed by atoms with Gasteiger partial charge in [-0.2, -0.15) is 0 Å². The fraction of sp³-hybridized carbons (Fsp3) is 0.875. The second-order valence-electron chi connectivity index (χ2n) is 6.58. The van der Waals surface area contributed by atoms with E-state index in [1.165, 1.54) is 25.7 Å². The molecule has 0 aromatic heterocycles. The molecule has 2 aliphatic rings. The molecule has 2 fully saturated rings. The van der Waals surface area contributed by atoms with E-state index in [0.29, 0.717) is 24.9 Å². The molecule has 0 spiro atoms. The molecule has 0 aromatic carbocycles. The maximum Gasteiger partial charge on any atom is 0.317 e. The Morgan fingerprint density at radius 2 is 1.86 bits per heavy atom. The van der Waals surface area contributed by atoms with Crippen molar-refractivity contribution in [3.63, 3.8) is 0 Å². The van der Waals surface area contributed by atoms with Gasteiger partial charge < -0.3 is 15.5 Å². The first-order chi connectivity index (χ1) is 10.1. The number of nitrogens with one attached hydrogen (secondary N) is 2. The van der Waals surface area contributed by atoms with Crippen LogP contribution in [0.3, 0.4) is 0 Å². The summed E-state index contributed by atoms with van der Waals surface area (Å²) >= 11 is 0. The average Bonchev–Trinajstić information content (AvgIpc) is 2.48. The van der Waals surface area contributed by atoms with Crippen molar-refractivity contribution in [1.82, 2.24) is 15.5 Å². The van der Waals surface area contributed by atoms with Crippen LogP contribution in [0, 0.1) is 5.92 Å². The Balaban J connectivity index is 1.59. The minimum Gasteiger partial charge on any atom is -0.353 e. The van der Waals surface area contributed by atoms with E-state index in [9.17, 15) is 9.59 Å². The molecule has 5 nitrogen and oxygen atoms in total. The first-order valence-corrected chi connectivity index (χ1v) is 8.47. The number of hydrogen-bond donors (Lipinski definition) is 2. The highest BCUT2D eigenvalue weighted by Gasteiger charge is 2.21. The molecule has 1 saturated heterocycles. The zero-order valence-electron chi connectivity index (χ0n) is 13.2. The van der Waals surface area contributed by atoms with Crippen LogP contribution < -0.4 is 10.6 Å². The summed E-state index contributed by atoms with van der Waals surface area (Å²) in [6.45, 7) is 4.28. The minimum atomic E-state index is -0.0213. The Labute approximate surface area is 127 Å². The lowest BCUT2D eigenvalue weighted by Crippen LogP contribution is -2.46. The highest BCUT2D eigenvalue weighted by atomic mass is 16.2. The van der Waals surface area contributed by atoms with Gasteiger partial charge in [-0.15, -0.1) is 0 Å². The number of carbonyl (C=O) groups is 2. The number of hydrogen-bond acceptors (Lipinski definition) is 2. The van der Waals surface area contributed by atoms with Crippen LogP contribution in [0.5, 0.6) is 0 Å². The fourth-order valence-electron chi connectivity index (χ4n) is 3.32. The van der Waals surface area contributed by atoms with Crippen LogP contribution in [-0.2, 0) is 4.79 Å². The molecule has 21 heavy (non-hydrogen) atoms. The van der Waals surface area contributed by atoms with Crippen LogP contribution in [0.2, 0.25) is 0 Å². The summed E-state index contributed by atoms with van der Waals surface area (Å²) in [5.74, 6) is 0.647. The highest BCUT2D eigenvalue weighted by Crippen LogP contribution is 2.17. The average molecular weight is 295 g/mol. The van der Waals surface area contributed by atoms with Gasteiger partial charge in [-0.3, -0.25) is 4.79 Å². The van der Waals surface area contributed by atoms with E-state index in [4.69, 9.17) is 0 Å². The fourth-order valence-corrected chi connectivity index (χ4v) is 3.32. The third kappa shape index (κ3) is 5.56. The Morgan fingerprint density at radius 3 is 2.57 bits per heavy atom. The third-order valence-electron chi connectivity index (χ3n) is 4.54. The summed E-state index contributed by atoms with van der Waals surface area (Å²) in [6.07, 6.45) is 8.59. The Hall–Kier alpha value is -1.26. The van der Waals surface area contributed by atoms with Crippen molar-refractivity contribution in [2.24, 2.45) is 5.92 Å². The molecule has 1 atom stereocenters. The van der Waals surface area contributed by atoms with Gasteiger partial charge in [-0.25, -0.2) is 4.79 Å². The number of nitrogens with zero attached hydrogens (tertiary/aromatic N) is 1. The lowest BCUT2D eigenvalue weighted by molar-refractivity contribution is -0.121. The van der Waals surface area contributed by atoms with Gasteiger partial charge >= 0.3 is 6.03 Å². The van der Waals surface area contributed by atoms with Gasteiger partial charge in [0.15, 0.2) is 0 Å². The summed E-state index contributed by atoms with van der Waals surface area (Å²) < 4.78 is 0. The molecule has 1 aliphatic heterocycles. The number of piperidine rings is 1. The number of likely N-dealkylation sites (tertiary alicyclic amines) is 1. The van der Waals surface area contributed by atoms with Crippen molar-refractivity contribution in [3.8, 4) is 0 Å². The third-order valence-corrected chi connectivity index (χ3v) is 4.54. The molecule has 3 amide bonds. The van der Waals surface area contributed by atoms with Crippen molar-refractivity contribution in [2.75, 3.05) is 19.6 Å². The topological polar surface area (TPSA) is 61.4 Å². The van der Waals surface area contributed by atoms with Crippen molar-refractivity contribution in [3.05, 3.63) is 0 Å². The largest absolute Gasteiger partial charge is 0.353 e. The maximum atomic E-state index is 12.0. The van der Waals surface area contributed by atoms with E-state index in [-0.39, 0.29) is 11.9 Å². The van der Waals surface area contributed by atoms with Crippen molar-refractivity contribution >= 4 is 11.9 Å². The van der Waals surface area contributed by atoms with Crippen LogP contribution >= 0.6 is 0 Å². The van der Waals surface area contributed by atoms with Crippen LogP contribution in [0.1, 0.15) is 58.3 Å². The quantitative estimate of drug-likeness (QED) is 0.836. The molecule has 2 N–H and O–H groups in total. The molecule has 1 aliphatic carbocycles. The predicted molar refractivity (Wildman–Crippen MR) is 83.0 cm³/mol. The predicted octanol–water partition coefficient (Wildman–Crippen LogP) is 2.27. The van der Waals surface area contributed by atoms with Crippen molar-refractivity contribution in [1.29, 1.82) is 0 Å². The van der Waals surface area contributed by atoms with Crippen LogP contribution in [0.4, 0.5) is 4.79 Å². The zero-order valence-corrected chi connectivity index (χ0v) is 13.2. The smallest absolute Gasteiger partial charge is 0.317 e. The number of carbonyl (C=O) groups excluding carboxylic acids is 2. The number of amides is 3. The van der Waals surface area contributed by atoms with Gasteiger partial charge in [0.05, 0.1) is 0 Å². The second-order valence-corrected chi connectivity index (χ2v) is 6.58. The molecule has 1 saturated carbocycles. The summed E-state index contributed by atoms with van der Waals surface area (Å²) in [4.78, 5) is 25.7. The molecular formula is C16H29N3O2. The van der Waals surface area contributed by atoms with Gasteiger partial charge in [-0.1, -0.05) is 26.2 Å². The highest BCUT2D eigenvalue weighted by molar-refractivity contribution is 5.78. The maximum absolute atomic E-state index is 12.0. The van der Waals surface area contributed by atoms with Gasteiger partial charge in [0, 0.05) is 32.1 Å². The van der Waals surface area contributed by atoms with Gasteiger partial charge in [0.25, 0.3) is 0 Å². The lowest BCUT2D eigenvalue weighted by Gasteiger charge is -2.31. The first kappa shape index (κ1) is 16.1. The molecular weight excluding hydrogens is 266 g/mol. The van der Waals surface area contributed by atoms with Crippen LogP contribution in [0.25, 0.3) is 0 Å². The molecule has 0 aromatic rings. The SMILES string of the molecule is CC1CCCN(C(=O)NCCC(=O)NC2CCCCC2)C1. The monoisotopic (exact) mass is 295 g/mol. The lowest BCUT2D eigenvalue weighted by atomic mass is 9.95.